The van der Waals surface area contributed by atoms with Crippen LogP contribution in [0.1, 0.15) is 29.3 Å². The number of carbonyl (C=O) groups excluding carboxylic acids is 2. The van der Waals surface area contributed by atoms with Gasteiger partial charge >= 0.3 is 0 Å². The molecule has 28 heavy (non-hydrogen) atoms. The highest BCUT2D eigenvalue weighted by Crippen LogP contribution is 2.19. The highest BCUT2D eigenvalue weighted by atomic mass is 32.2. The Morgan fingerprint density at radius 3 is 2.39 bits per heavy atom. The summed E-state index contributed by atoms with van der Waals surface area (Å²) >= 11 is 0. The van der Waals surface area contributed by atoms with E-state index in [1.54, 1.807) is 24.3 Å². The van der Waals surface area contributed by atoms with E-state index in [0.29, 0.717) is 24.9 Å². The third-order valence-electron chi connectivity index (χ3n) is 4.11. The van der Waals surface area contributed by atoms with Gasteiger partial charge in [0.1, 0.15) is 12.4 Å². The van der Waals surface area contributed by atoms with E-state index in [1.165, 1.54) is 31.2 Å². The van der Waals surface area contributed by atoms with Gasteiger partial charge in [0.25, 0.3) is 0 Å². The number of halogens is 1. The molecule has 2 rings (SSSR count). The molecule has 0 bridgehead atoms. The maximum Gasteiger partial charge on any atom is 0.240 e. The van der Waals surface area contributed by atoms with Gasteiger partial charge < -0.3 is 5.32 Å². The second-order valence-electron chi connectivity index (χ2n) is 6.46. The molecule has 0 aromatic heterocycles. The van der Waals surface area contributed by atoms with Crippen molar-refractivity contribution >= 4 is 27.4 Å². The number of sulfonamides is 1. The van der Waals surface area contributed by atoms with Crippen LogP contribution in [0.3, 0.4) is 0 Å². The zero-order valence-electron chi connectivity index (χ0n) is 15.8. The number of amides is 1. The fraction of sp³-hybridized carbons (Fsp3) is 0.300. The maximum absolute atomic E-state index is 12.9. The minimum atomic E-state index is -3.71. The minimum absolute atomic E-state index is 0.194. The van der Waals surface area contributed by atoms with E-state index in [-0.39, 0.29) is 23.8 Å². The first-order valence-corrected chi connectivity index (χ1v) is 10.6. The smallest absolute Gasteiger partial charge is 0.240 e. The van der Waals surface area contributed by atoms with Gasteiger partial charge in [-0.1, -0.05) is 24.3 Å². The summed E-state index contributed by atoms with van der Waals surface area (Å²) in [7, 11) is -3.71. The standard InChI is InChI=1S/C20H23FN2O4S/c1-15(24)17-6-3-7-19(13-17)23(28(2,26)27)14-20(25)22-12-4-5-16-8-10-18(21)11-9-16/h3,6-11,13H,4-5,12,14H2,1-2H3,(H,22,25). The molecule has 2 aromatic rings. The fourth-order valence-electron chi connectivity index (χ4n) is 2.64. The summed E-state index contributed by atoms with van der Waals surface area (Å²) in [6.45, 7) is 1.37. The van der Waals surface area contributed by atoms with Crippen LogP contribution in [-0.4, -0.2) is 39.5 Å². The Bertz CT molecular complexity index is 943. The third kappa shape index (κ3) is 6.45. The molecule has 0 atom stereocenters. The molecule has 1 N–H and O–H groups in total. The Balaban J connectivity index is 1.95. The predicted octanol–water partition coefficient (Wildman–Crippen LogP) is 2.54. The molecule has 150 valence electrons. The maximum atomic E-state index is 12.9. The van der Waals surface area contributed by atoms with Gasteiger partial charge in [-0.15, -0.1) is 0 Å². The summed E-state index contributed by atoms with van der Waals surface area (Å²) in [6, 6.07) is 12.3. The molecule has 0 saturated carbocycles. The molecule has 0 aliphatic rings. The molecule has 0 spiro atoms. The topological polar surface area (TPSA) is 83.6 Å². The molecule has 2 aromatic carbocycles. The minimum Gasteiger partial charge on any atom is -0.355 e. The molecule has 0 aliphatic carbocycles. The van der Waals surface area contributed by atoms with E-state index in [4.69, 9.17) is 0 Å². The Hall–Kier alpha value is -2.74. The summed E-state index contributed by atoms with van der Waals surface area (Å²) in [4.78, 5) is 23.7. The SMILES string of the molecule is CC(=O)c1cccc(N(CC(=O)NCCCc2ccc(F)cc2)S(C)(=O)=O)c1. The molecule has 0 aliphatic heterocycles. The van der Waals surface area contributed by atoms with Crippen LogP contribution in [0.25, 0.3) is 0 Å². The lowest BCUT2D eigenvalue weighted by Gasteiger charge is -2.22. The van der Waals surface area contributed by atoms with Gasteiger partial charge in [0.15, 0.2) is 5.78 Å². The van der Waals surface area contributed by atoms with Crippen LogP contribution in [0.5, 0.6) is 0 Å². The van der Waals surface area contributed by atoms with E-state index in [2.05, 4.69) is 5.32 Å². The number of nitrogens with zero attached hydrogens (tertiary/aromatic N) is 1. The average Bonchev–Trinajstić information content (AvgIpc) is 2.64. The van der Waals surface area contributed by atoms with Crippen molar-refractivity contribution in [3.8, 4) is 0 Å². The summed E-state index contributed by atoms with van der Waals surface area (Å²) < 4.78 is 38.1. The number of hydrogen-bond donors (Lipinski definition) is 1. The molecule has 1 amide bonds. The van der Waals surface area contributed by atoms with Gasteiger partial charge in [-0.25, -0.2) is 12.8 Å². The van der Waals surface area contributed by atoms with Crippen molar-refractivity contribution < 1.29 is 22.4 Å². The zero-order chi connectivity index (χ0) is 20.7. The van der Waals surface area contributed by atoms with Crippen molar-refractivity contribution in [2.24, 2.45) is 0 Å². The van der Waals surface area contributed by atoms with Crippen LogP contribution < -0.4 is 9.62 Å². The van der Waals surface area contributed by atoms with Crippen molar-refractivity contribution in [2.45, 2.75) is 19.8 Å². The number of nitrogens with one attached hydrogen (secondary N) is 1. The Morgan fingerprint density at radius 1 is 1.11 bits per heavy atom. The lowest BCUT2D eigenvalue weighted by Crippen LogP contribution is -2.40. The number of hydrogen-bond acceptors (Lipinski definition) is 4. The van der Waals surface area contributed by atoms with Crippen molar-refractivity contribution in [2.75, 3.05) is 23.7 Å². The number of benzene rings is 2. The average molecular weight is 406 g/mol. The van der Waals surface area contributed by atoms with Crippen LogP contribution in [0, 0.1) is 5.82 Å². The highest BCUT2D eigenvalue weighted by molar-refractivity contribution is 7.92. The first-order chi connectivity index (χ1) is 13.2. The molecule has 0 unspecified atom stereocenters. The first-order valence-electron chi connectivity index (χ1n) is 8.76. The summed E-state index contributed by atoms with van der Waals surface area (Å²) in [5, 5.41) is 2.69. The molecular weight excluding hydrogens is 383 g/mol. The second kappa shape index (κ2) is 9.45. The van der Waals surface area contributed by atoms with E-state index in [9.17, 15) is 22.4 Å². The lowest BCUT2D eigenvalue weighted by atomic mass is 10.1. The first kappa shape index (κ1) is 21.6. The van der Waals surface area contributed by atoms with Gasteiger partial charge in [0.05, 0.1) is 11.9 Å². The molecule has 0 radical (unpaired) electrons. The Labute approximate surface area is 164 Å². The van der Waals surface area contributed by atoms with Crippen molar-refractivity contribution in [1.29, 1.82) is 0 Å². The molecule has 0 heterocycles. The number of carbonyl (C=O) groups is 2. The molecule has 8 heteroatoms. The van der Waals surface area contributed by atoms with Crippen molar-refractivity contribution in [3.05, 3.63) is 65.5 Å². The fourth-order valence-corrected chi connectivity index (χ4v) is 3.49. The number of Topliss-reactive ketones (excluding diaryl/α,β-unsaturated/α-hetero) is 1. The number of anilines is 1. The van der Waals surface area contributed by atoms with E-state index in [1.807, 2.05) is 0 Å². The third-order valence-corrected chi connectivity index (χ3v) is 5.25. The van der Waals surface area contributed by atoms with Gasteiger partial charge in [0, 0.05) is 12.1 Å². The Kier molecular flexibility index (Phi) is 7.28. The van der Waals surface area contributed by atoms with Crippen LogP contribution in [0.2, 0.25) is 0 Å². The number of ketones is 1. The largest absolute Gasteiger partial charge is 0.355 e. The predicted molar refractivity (Wildman–Crippen MR) is 106 cm³/mol. The number of rotatable bonds is 9. The van der Waals surface area contributed by atoms with Gasteiger partial charge in [-0.2, -0.15) is 0 Å². The Morgan fingerprint density at radius 2 is 1.79 bits per heavy atom. The second-order valence-corrected chi connectivity index (χ2v) is 8.36. The van der Waals surface area contributed by atoms with E-state index in [0.717, 1.165) is 16.1 Å². The molecular formula is C20H23FN2O4S. The summed E-state index contributed by atoms with van der Waals surface area (Å²) in [6.07, 6.45) is 2.31. The normalized spacial score (nSPS) is 11.1. The van der Waals surface area contributed by atoms with Crippen LogP contribution in [0.4, 0.5) is 10.1 Å². The van der Waals surface area contributed by atoms with Gasteiger partial charge in [0.2, 0.25) is 15.9 Å². The molecule has 6 nitrogen and oxygen atoms in total. The van der Waals surface area contributed by atoms with E-state index >= 15 is 0 Å². The van der Waals surface area contributed by atoms with Crippen molar-refractivity contribution in [1.82, 2.24) is 5.32 Å². The monoisotopic (exact) mass is 406 g/mol. The molecule has 0 fully saturated rings. The lowest BCUT2D eigenvalue weighted by molar-refractivity contribution is -0.119. The van der Waals surface area contributed by atoms with Crippen LogP contribution >= 0.6 is 0 Å². The highest BCUT2D eigenvalue weighted by Gasteiger charge is 2.21. The summed E-state index contributed by atoms with van der Waals surface area (Å²) in [5.41, 5.74) is 1.58. The van der Waals surface area contributed by atoms with E-state index < -0.39 is 15.9 Å². The number of aryl methyl sites for hydroxylation is 1. The van der Waals surface area contributed by atoms with Crippen LogP contribution in [0.15, 0.2) is 48.5 Å². The van der Waals surface area contributed by atoms with Gasteiger partial charge in [-0.3, -0.25) is 13.9 Å². The zero-order valence-corrected chi connectivity index (χ0v) is 16.6. The summed E-state index contributed by atoms with van der Waals surface area (Å²) in [5.74, 6) is -0.940. The van der Waals surface area contributed by atoms with Crippen molar-refractivity contribution in [3.63, 3.8) is 0 Å². The molecule has 0 saturated heterocycles. The van der Waals surface area contributed by atoms with Crippen LogP contribution in [-0.2, 0) is 21.2 Å². The van der Waals surface area contributed by atoms with Gasteiger partial charge in [-0.05, 0) is 49.6 Å². The quantitative estimate of drug-likeness (QED) is 0.512.